The summed E-state index contributed by atoms with van der Waals surface area (Å²) in [5.74, 6) is -0.607. The number of aryl methyl sites for hydroxylation is 1. The van der Waals surface area contributed by atoms with Gasteiger partial charge in [0.15, 0.2) is 0 Å². The van der Waals surface area contributed by atoms with E-state index in [1.807, 2.05) is 24.3 Å². The second-order valence-corrected chi connectivity index (χ2v) is 5.43. The first-order valence-corrected chi connectivity index (χ1v) is 7.14. The number of aliphatic carboxylic acids is 1. The molecule has 1 fully saturated rings. The standard InChI is InChI=1S/C16H20N2O2/c17-11-13-4-2-6-15(10-13)18-14-5-1-3-12(9-14)7-8-16(19)20/h1,3,5,9,13,15,18H,2,4,6-8,10H2,(H,19,20). The SMILES string of the molecule is N#CC1CCCC(Nc2cccc(CCC(=O)O)c2)C1. The highest BCUT2D eigenvalue weighted by molar-refractivity contribution is 5.67. The molecular formula is C16H20N2O2. The third-order valence-electron chi connectivity index (χ3n) is 3.78. The van der Waals surface area contributed by atoms with Crippen molar-refractivity contribution < 1.29 is 9.90 Å². The monoisotopic (exact) mass is 272 g/mol. The Morgan fingerprint density at radius 2 is 2.30 bits per heavy atom. The van der Waals surface area contributed by atoms with E-state index in [1.54, 1.807) is 0 Å². The van der Waals surface area contributed by atoms with E-state index in [4.69, 9.17) is 10.4 Å². The summed E-state index contributed by atoms with van der Waals surface area (Å²) in [5, 5.41) is 21.2. The number of nitrogens with zero attached hydrogens (tertiary/aromatic N) is 1. The number of carbonyl (C=O) groups is 1. The Labute approximate surface area is 119 Å². The predicted molar refractivity (Wildman–Crippen MR) is 77.4 cm³/mol. The molecule has 2 N–H and O–H groups in total. The van der Waals surface area contributed by atoms with Crippen LogP contribution in [0.2, 0.25) is 0 Å². The second-order valence-electron chi connectivity index (χ2n) is 5.43. The van der Waals surface area contributed by atoms with Gasteiger partial charge in [-0.05, 0) is 43.4 Å². The lowest BCUT2D eigenvalue weighted by Gasteiger charge is -2.27. The predicted octanol–water partition coefficient (Wildman–Crippen LogP) is 3.20. The van der Waals surface area contributed by atoms with Crippen LogP contribution in [-0.4, -0.2) is 17.1 Å². The lowest BCUT2D eigenvalue weighted by Crippen LogP contribution is -2.26. The van der Waals surface area contributed by atoms with Crippen molar-refractivity contribution in [3.63, 3.8) is 0 Å². The van der Waals surface area contributed by atoms with Crippen LogP contribution in [0.5, 0.6) is 0 Å². The van der Waals surface area contributed by atoms with E-state index in [1.165, 1.54) is 0 Å². The van der Waals surface area contributed by atoms with Gasteiger partial charge in [-0.15, -0.1) is 0 Å². The fourth-order valence-electron chi connectivity index (χ4n) is 2.74. The normalized spacial score (nSPS) is 21.9. The lowest BCUT2D eigenvalue weighted by atomic mass is 9.86. The zero-order valence-electron chi connectivity index (χ0n) is 11.5. The molecule has 0 spiro atoms. The summed E-state index contributed by atoms with van der Waals surface area (Å²) < 4.78 is 0. The molecule has 0 bridgehead atoms. The highest BCUT2D eigenvalue weighted by Crippen LogP contribution is 2.26. The largest absolute Gasteiger partial charge is 0.481 e. The Kier molecular flexibility index (Phi) is 5.00. The Bertz CT molecular complexity index is 507. The van der Waals surface area contributed by atoms with Crippen molar-refractivity contribution in [1.29, 1.82) is 5.26 Å². The molecule has 1 aliphatic rings. The quantitative estimate of drug-likeness (QED) is 0.863. The average Bonchev–Trinajstić information content (AvgIpc) is 2.46. The molecule has 0 aromatic heterocycles. The minimum atomic E-state index is -0.771. The molecule has 0 amide bonds. The minimum absolute atomic E-state index is 0.156. The van der Waals surface area contributed by atoms with Gasteiger partial charge in [-0.3, -0.25) is 4.79 Å². The second kappa shape index (κ2) is 6.95. The molecule has 1 aliphatic carbocycles. The molecular weight excluding hydrogens is 252 g/mol. The topological polar surface area (TPSA) is 73.1 Å². The van der Waals surface area contributed by atoms with E-state index in [0.717, 1.165) is 36.9 Å². The van der Waals surface area contributed by atoms with E-state index in [-0.39, 0.29) is 12.3 Å². The van der Waals surface area contributed by atoms with E-state index >= 15 is 0 Å². The number of rotatable bonds is 5. The van der Waals surface area contributed by atoms with Crippen molar-refractivity contribution in [1.82, 2.24) is 0 Å². The van der Waals surface area contributed by atoms with Gasteiger partial charge in [0.25, 0.3) is 0 Å². The maximum absolute atomic E-state index is 10.6. The zero-order valence-corrected chi connectivity index (χ0v) is 11.5. The van der Waals surface area contributed by atoms with Gasteiger partial charge in [0.1, 0.15) is 0 Å². The summed E-state index contributed by atoms with van der Waals surface area (Å²) in [6.07, 6.45) is 4.80. The maximum atomic E-state index is 10.6. The third kappa shape index (κ3) is 4.27. The van der Waals surface area contributed by atoms with Gasteiger partial charge in [-0.1, -0.05) is 18.6 Å². The molecule has 0 radical (unpaired) electrons. The van der Waals surface area contributed by atoms with Crippen LogP contribution in [-0.2, 0) is 11.2 Å². The van der Waals surface area contributed by atoms with Crippen molar-refractivity contribution in [3.8, 4) is 6.07 Å². The van der Waals surface area contributed by atoms with Gasteiger partial charge in [-0.2, -0.15) is 5.26 Å². The van der Waals surface area contributed by atoms with Crippen LogP contribution >= 0.6 is 0 Å². The number of hydrogen-bond donors (Lipinski definition) is 2. The fraction of sp³-hybridized carbons (Fsp3) is 0.500. The molecule has 2 rings (SSSR count). The van der Waals surface area contributed by atoms with Crippen molar-refractivity contribution >= 4 is 11.7 Å². The van der Waals surface area contributed by atoms with Crippen LogP contribution in [0.3, 0.4) is 0 Å². The molecule has 106 valence electrons. The molecule has 1 saturated carbocycles. The molecule has 2 atom stereocenters. The van der Waals surface area contributed by atoms with Crippen molar-refractivity contribution in [2.75, 3.05) is 5.32 Å². The fourth-order valence-corrected chi connectivity index (χ4v) is 2.74. The Morgan fingerprint density at radius 1 is 1.45 bits per heavy atom. The van der Waals surface area contributed by atoms with Gasteiger partial charge in [0.2, 0.25) is 0 Å². The van der Waals surface area contributed by atoms with Gasteiger partial charge >= 0.3 is 5.97 Å². The number of benzene rings is 1. The number of nitrogens with one attached hydrogen (secondary N) is 1. The van der Waals surface area contributed by atoms with Crippen molar-refractivity contribution in [2.45, 2.75) is 44.6 Å². The third-order valence-corrected chi connectivity index (χ3v) is 3.78. The summed E-state index contributed by atoms with van der Waals surface area (Å²) in [6.45, 7) is 0. The van der Waals surface area contributed by atoms with Gasteiger partial charge < -0.3 is 10.4 Å². The van der Waals surface area contributed by atoms with Crippen LogP contribution < -0.4 is 5.32 Å². The highest BCUT2D eigenvalue weighted by Gasteiger charge is 2.21. The van der Waals surface area contributed by atoms with E-state index in [9.17, 15) is 4.79 Å². The molecule has 0 saturated heterocycles. The van der Waals surface area contributed by atoms with Crippen molar-refractivity contribution in [3.05, 3.63) is 29.8 Å². The Hall–Kier alpha value is -2.02. The van der Waals surface area contributed by atoms with Crippen LogP contribution in [0.15, 0.2) is 24.3 Å². The molecule has 0 aliphatic heterocycles. The Balaban J connectivity index is 1.94. The number of nitriles is 1. The maximum Gasteiger partial charge on any atom is 0.303 e. The molecule has 20 heavy (non-hydrogen) atoms. The minimum Gasteiger partial charge on any atom is -0.481 e. The molecule has 0 heterocycles. The Morgan fingerprint density at radius 3 is 3.05 bits per heavy atom. The zero-order chi connectivity index (χ0) is 14.4. The first-order chi connectivity index (χ1) is 9.67. The van der Waals surface area contributed by atoms with Crippen LogP contribution in [0.25, 0.3) is 0 Å². The summed E-state index contributed by atoms with van der Waals surface area (Å²) in [7, 11) is 0. The van der Waals surface area contributed by atoms with Gasteiger partial charge in [0, 0.05) is 24.1 Å². The molecule has 4 heteroatoms. The molecule has 1 aromatic carbocycles. The van der Waals surface area contributed by atoms with Gasteiger partial charge in [-0.25, -0.2) is 0 Å². The van der Waals surface area contributed by atoms with Gasteiger partial charge in [0.05, 0.1) is 6.07 Å². The van der Waals surface area contributed by atoms with E-state index in [0.29, 0.717) is 12.5 Å². The van der Waals surface area contributed by atoms with Crippen molar-refractivity contribution in [2.24, 2.45) is 5.92 Å². The summed E-state index contributed by atoms with van der Waals surface area (Å²) in [6, 6.07) is 10.6. The molecule has 2 unspecified atom stereocenters. The number of carboxylic acid groups (broad SMARTS) is 1. The average molecular weight is 272 g/mol. The number of anilines is 1. The molecule has 1 aromatic rings. The van der Waals surface area contributed by atoms with E-state index in [2.05, 4.69) is 11.4 Å². The first-order valence-electron chi connectivity index (χ1n) is 7.14. The van der Waals surface area contributed by atoms with Crippen LogP contribution in [0.4, 0.5) is 5.69 Å². The summed E-state index contributed by atoms with van der Waals surface area (Å²) in [5.41, 5.74) is 2.06. The van der Waals surface area contributed by atoms with E-state index < -0.39 is 5.97 Å². The molecule has 4 nitrogen and oxygen atoms in total. The number of carboxylic acids is 1. The lowest BCUT2D eigenvalue weighted by molar-refractivity contribution is -0.136. The summed E-state index contributed by atoms with van der Waals surface area (Å²) >= 11 is 0. The summed E-state index contributed by atoms with van der Waals surface area (Å²) in [4.78, 5) is 10.6. The first kappa shape index (κ1) is 14.4. The smallest absolute Gasteiger partial charge is 0.303 e. The number of hydrogen-bond acceptors (Lipinski definition) is 3. The highest BCUT2D eigenvalue weighted by atomic mass is 16.4. The van der Waals surface area contributed by atoms with Crippen LogP contribution in [0.1, 0.15) is 37.7 Å². The van der Waals surface area contributed by atoms with Crippen LogP contribution in [0, 0.1) is 17.2 Å².